The molecule has 1 heterocycles. The number of halogens is 1. The number of nitrogens with zero attached hydrogens (tertiary/aromatic N) is 1. The van der Waals surface area contributed by atoms with Crippen molar-refractivity contribution in [2.75, 3.05) is 45.2 Å². The minimum absolute atomic E-state index is 0. The number of hydrogen-bond acceptors (Lipinski definition) is 4. The molecule has 25 heavy (non-hydrogen) atoms. The van der Waals surface area contributed by atoms with Crippen LogP contribution < -0.4 is 10.6 Å². The van der Waals surface area contributed by atoms with Crippen molar-refractivity contribution < 1.29 is 14.3 Å². The van der Waals surface area contributed by atoms with Crippen molar-refractivity contribution >= 4 is 29.9 Å². The predicted octanol–water partition coefficient (Wildman–Crippen LogP) is 2.15. The average Bonchev–Trinajstić information content (AvgIpc) is 2.59. The third-order valence-corrected chi connectivity index (χ3v) is 4.27. The maximum atomic E-state index is 12.8. The highest BCUT2D eigenvalue weighted by atomic mass is 35.5. The summed E-state index contributed by atoms with van der Waals surface area (Å²) < 4.78 is 4.92. The number of rotatable bonds is 7. The molecule has 2 rings (SSSR count). The number of carbonyl (C=O) groups excluding carboxylic acids is 2. The topological polar surface area (TPSA) is 70.7 Å². The summed E-state index contributed by atoms with van der Waals surface area (Å²) in [7, 11) is 1.62. The molecule has 0 atom stereocenters. The number of hydrogen-bond donors (Lipinski definition) is 2. The number of amides is 2. The van der Waals surface area contributed by atoms with Gasteiger partial charge in [0.05, 0.1) is 24.4 Å². The molecule has 0 bridgehead atoms. The van der Waals surface area contributed by atoms with E-state index < -0.39 is 0 Å². The molecule has 2 amide bonds. The number of benzene rings is 1. The number of para-hydroxylation sites is 1. The van der Waals surface area contributed by atoms with Crippen LogP contribution in [0.15, 0.2) is 24.3 Å². The smallest absolute Gasteiger partial charge is 0.255 e. The van der Waals surface area contributed by atoms with Crippen LogP contribution in [0.1, 0.15) is 30.1 Å². The summed E-state index contributed by atoms with van der Waals surface area (Å²) in [4.78, 5) is 26.7. The Morgan fingerprint density at radius 3 is 2.60 bits per heavy atom. The van der Waals surface area contributed by atoms with Crippen molar-refractivity contribution in [1.82, 2.24) is 10.2 Å². The van der Waals surface area contributed by atoms with Crippen LogP contribution in [0.2, 0.25) is 0 Å². The molecule has 1 aromatic carbocycles. The van der Waals surface area contributed by atoms with Crippen molar-refractivity contribution in [2.24, 2.45) is 5.92 Å². The van der Waals surface area contributed by atoms with Crippen LogP contribution in [0.5, 0.6) is 0 Å². The Balaban J connectivity index is 0.00000312. The van der Waals surface area contributed by atoms with E-state index in [1.54, 1.807) is 19.2 Å². The number of nitrogens with one attached hydrogen (secondary N) is 2. The third kappa shape index (κ3) is 6.65. The summed E-state index contributed by atoms with van der Waals surface area (Å²) in [5, 5.41) is 5.82. The second-order valence-corrected chi connectivity index (χ2v) is 6.24. The predicted molar refractivity (Wildman–Crippen MR) is 101 cm³/mol. The molecule has 1 fully saturated rings. The number of likely N-dealkylation sites (tertiary alicyclic amines) is 1. The van der Waals surface area contributed by atoms with Gasteiger partial charge in [0.1, 0.15) is 0 Å². The lowest BCUT2D eigenvalue weighted by Gasteiger charge is -2.30. The minimum Gasteiger partial charge on any atom is -0.383 e. The first-order valence-electron chi connectivity index (χ1n) is 8.49. The molecule has 2 N–H and O–H groups in total. The van der Waals surface area contributed by atoms with Crippen LogP contribution in [0.4, 0.5) is 5.69 Å². The van der Waals surface area contributed by atoms with Gasteiger partial charge in [-0.15, -0.1) is 12.4 Å². The van der Waals surface area contributed by atoms with E-state index in [1.165, 1.54) is 0 Å². The van der Waals surface area contributed by atoms with E-state index >= 15 is 0 Å². The number of ether oxygens (including phenoxy) is 1. The Morgan fingerprint density at radius 1 is 1.24 bits per heavy atom. The number of methoxy groups -OCH3 is 1. The van der Waals surface area contributed by atoms with Gasteiger partial charge in [0.25, 0.3) is 5.91 Å². The zero-order chi connectivity index (χ0) is 17.4. The Bertz CT molecular complexity index is 560. The molecule has 1 saturated heterocycles. The van der Waals surface area contributed by atoms with Gasteiger partial charge in [0.15, 0.2) is 0 Å². The van der Waals surface area contributed by atoms with Gasteiger partial charge in [-0.2, -0.15) is 0 Å². The van der Waals surface area contributed by atoms with E-state index in [1.807, 2.05) is 17.0 Å². The first-order chi connectivity index (χ1) is 11.6. The summed E-state index contributed by atoms with van der Waals surface area (Å²) in [6.45, 7) is 5.12. The largest absolute Gasteiger partial charge is 0.383 e. The Labute approximate surface area is 155 Å². The lowest BCUT2D eigenvalue weighted by atomic mass is 9.98. The molecule has 1 aliphatic rings. The molecule has 0 aliphatic carbocycles. The van der Waals surface area contributed by atoms with Gasteiger partial charge in [-0.1, -0.05) is 19.1 Å². The van der Waals surface area contributed by atoms with Gasteiger partial charge in [-0.25, -0.2) is 0 Å². The Kier molecular flexibility index (Phi) is 9.49. The summed E-state index contributed by atoms with van der Waals surface area (Å²) in [6, 6.07) is 7.19. The minimum atomic E-state index is -0.168. The van der Waals surface area contributed by atoms with Crippen molar-refractivity contribution in [3.05, 3.63) is 29.8 Å². The maximum absolute atomic E-state index is 12.8. The molecule has 0 unspecified atom stereocenters. The monoisotopic (exact) mass is 369 g/mol. The number of piperidine rings is 1. The molecular weight excluding hydrogens is 342 g/mol. The molecule has 0 radical (unpaired) electrons. The normalized spacial score (nSPS) is 14.7. The summed E-state index contributed by atoms with van der Waals surface area (Å²) in [6.07, 6.45) is 2.06. The molecular formula is C18H28ClN3O3. The van der Waals surface area contributed by atoms with Gasteiger partial charge in [0.2, 0.25) is 5.91 Å². The third-order valence-electron chi connectivity index (χ3n) is 4.27. The van der Waals surface area contributed by atoms with E-state index in [-0.39, 0.29) is 30.8 Å². The molecule has 140 valence electrons. The quantitative estimate of drug-likeness (QED) is 0.722. The molecule has 6 nitrogen and oxygen atoms in total. The molecule has 0 spiro atoms. The van der Waals surface area contributed by atoms with E-state index in [0.717, 1.165) is 25.9 Å². The first-order valence-corrected chi connectivity index (χ1v) is 8.49. The fourth-order valence-corrected chi connectivity index (χ4v) is 2.73. The van der Waals surface area contributed by atoms with Crippen LogP contribution in [0.25, 0.3) is 0 Å². The lowest BCUT2D eigenvalue weighted by Crippen LogP contribution is -2.38. The fourth-order valence-electron chi connectivity index (χ4n) is 2.73. The van der Waals surface area contributed by atoms with Gasteiger partial charge >= 0.3 is 0 Å². The summed E-state index contributed by atoms with van der Waals surface area (Å²) >= 11 is 0. The van der Waals surface area contributed by atoms with Gasteiger partial charge < -0.3 is 20.3 Å². The molecule has 0 saturated carbocycles. The first kappa shape index (κ1) is 21.4. The van der Waals surface area contributed by atoms with E-state index in [2.05, 4.69) is 17.6 Å². The van der Waals surface area contributed by atoms with Gasteiger partial charge in [-0.3, -0.25) is 9.59 Å². The molecule has 1 aromatic rings. The highest BCUT2D eigenvalue weighted by Gasteiger charge is 2.23. The maximum Gasteiger partial charge on any atom is 0.255 e. The lowest BCUT2D eigenvalue weighted by molar-refractivity contribution is -0.115. The fraction of sp³-hybridized carbons (Fsp3) is 0.556. The summed E-state index contributed by atoms with van der Waals surface area (Å²) in [5.41, 5.74) is 1.12. The van der Waals surface area contributed by atoms with Gasteiger partial charge in [-0.05, 0) is 30.9 Å². The standard InChI is InChI=1S/C18H27N3O3.ClH/c1-14-7-10-21(11-8-14)18(23)15-5-3-4-6-16(15)20-17(22)13-19-9-12-24-2;/h3-6,14,19H,7-13H2,1-2H3,(H,20,22);1H. The number of anilines is 1. The molecule has 7 heteroatoms. The van der Waals surface area contributed by atoms with E-state index in [4.69, 9.17) is 4.74 Å². The average molecular weight is 370 g/mol. The Morgan fingerprint density at radius 2 is 1.92 bits per heavy atom. The summed E-state index contributed by atoms with van der Waals surface area (Å²) in [5.74, 6) is 0.492. The number of carbonyl (C=O) groups is 2. The van der Waals surface area contributed by atoms with E-state index in [9.17, 15) is 9.59 Å². The highest BCUT2D eigenvalue weighted by Crippen LogP contribution is 2.22. The van der Waals surface area contributed by atoms with Crippen LogP contribution in [0, 0.1) is 5.92 Å². The van der Waals surface area contributed by atoms with Crippen molar-refractivity contribution in [3.8, 4) is 0 Å². The van der Waals surface area contributed by atoms with Crippen LogP contribution in [-0.2, 0) is 9.53 Å². The van der Waals surface area contributed by atoms with Crippen molar-refractivity contribution in [1.29, 1.82) is 0 Å². The van der Waals surface area contributed by atoms with Crippen molar-refractivity contribution in [3.63, 3.8) is 0 Å². The zero-order valence-electron chi connectivity index (χ0n) is 14.9. The van der Waals surface area contributed by atoms with Crippen LogP contribution >= 0.6 is 12.4 Å². The second kappa shape index (κ2) is 11.1. The van der Waals surface area contributed by atoms with Crippen LogP contribution in [0.3, 0.4) is 0 Å². The van der Waals surface area contributed by atoms with Crippen LogP contribution in [-0.4, -0.2) is 56.6 Å². The van der Waals surface area contributed by atoms with Crippen molar-refractivity contribution in [2.45, 2.75) is 19.8 Å². The zero-order valence-corrected chi connectivity index (χ0v) is 15.7. The highest BCUT2D eigenvalue weighted by molar-refractivity contribution is 6.04. The molecule has 0 aromatic heterocycles. The van der Waals surface area contributed by atoms with E-state index in [0.29, 0.717) is 30.3 Å². The second-order valence-electron chi connectivity index (χ2n) is 6.24. The molecule has 1 aliphatic heterocycles. The van der Waals surface area contributed by atoms with Gasteiger partial charge in [0, 0.05) is 26.7 Å². The SMILES string of the molecule is COCCNCC(=O)Nc1ccccc1C(=O)N1CCC(C)CC1.Cl. The Hall–Kier alpha value is -1.63.